The van der Waals surface area contributed by atoms with Gasteiger partial charge in [-0.15, -0.1) is 0 Å². The van der Waals surface area contributed by atoms with Crippen LogP contribution in [-0.2, 0) is 4.74 Å². The molecule has 7 unspecified atom stereocenters. The number of hydrogen-bond donors (Lipinski definition) is 5. The van der Waals surface area contributed by atoms with E-state index >= 15 is 0 Å². The Morgan fingerprint density at radius 1 is 1.00 bits per heavy atom. The molecular weight excluding hydrogens is 362 g/mol. The number of hydrogen-bond acceptors (Lipinski definition) is 6. The van der Waals surface area contributed by atoms with E-state index in [1.807, 2.05) is 0 Å². The maximum atomic E-state index is 6.27. The van der Waals surface area contributed by atoms with Gasteiger partial charge in [-0.1, -0.05) is 18.1 Å². The van der Waals surface area contributed by atoms with Crippen molar-refractivity contribution in [2.75, 3.05) is 19.7 Å². The molecule has 4 fully saturated rings. The van der Waals surface area contributed by atoms with E-state index in [2.05, 4.69) is 39.6 Å². The molecule has 3 heterocycles. The first-order chi connectivity index (χ1) is 14.2. The van der Waals surface area contributed by atoms with Crippen LogP contribution in [0, 0.1) is 11.8 Å². The van der Waals surface area contributed by atoms with E-state index in [1.54, 1.807) is 5.57 Å². The molecule has 0 aromatic heterocycles. The molecule has 5 rings (SSSR count). The van der Waals surface area contributed by atoms with Crippen LogP contribution in [0.25, 0.3) is 0 Å². The van der Waals surface area contributed by atoms with Crippen LogP contribution in [0.3, 0.4) is 0 Å². The second kappa shape index (κ2) is 9.33. The summed E-state index contributed by atoms with van der Waals surface area (Å²) in [5.74, 6) is 1.31. The summed E-state index contributed by atoms with van der Waals surface area (Å²) in [4.78, 5) is 0. The molecule has 0 aromatic rings. The van der Waals surface area contributed by atoms with Crippen LogP contribution >= 0.6 is 0 Å². The van der Waals surface area contributed by atoms with Gasteiger partial charge in [-0.05, 0) is 70.8 Å². The van der Waals surface area contributed by atoms with Gasteiger partial charge in [0.15, 0.2) is 0 Å². The molecule has 2 saturated carbocycles. The van der Waals surface area contributed by atoms with E-state index in [1.165, 1.54) is 51.4 Å². The zero-order valence-electron chi connectivity index (χ0n) is 18.1. The van der Waals surface area contributed by atoms with E-state index in [-0.39, 0.29) is 6.29 Å². The van der Waals surface area contributed by atoms with E-state index < -0.39 is 0 Å². The lowest BCUT2D eigenvalue weighted by Gasteiger charge is -2.44. The lowest BCUT2D eigenvalue weighted by molar-refractivity contribution is 0.0173. The summed E-state index contributed by atoms with van der Waals surface area (Å²) in [6, 6.07) is 1.81. The van der Waals surface area contributed by atoms with Gasteiger partial charge < -0.3 is 10.1 Å². The fourth-order valence-corrected chi connectivity index (χ4v) is 6.25. The van der Waals surface area contributed by atoms with Crippen molar-refractivity contribution in [2.45, 2.75) is 101 Å². The van der Waals surface area contributed by atoms with Gasteiger partial charge in [0.05, 0.1) is 12.3 Å². The van der Waals surface area contributed by atoms with Gasteiger partial charge in [-0.2, -0.15) is 0 Å². The molecule has 0 radical (unpaired) electrons. The predicted octanol–water partition coefficient (Wildman–Crippen LogP) is 1.79. The highest BCUT2D eigenvalue weighted by atomic mass is 16.5. The van der Waals surface area contributed by atoms with Crippen molar-refractivity contribution in [1.29, 1.82) is 0 Å². The van der Waals surface area contributed by atoms with Gasteiger partial charge in [0.2, 0.25) is 0 Å². The fourth-order valence-electron chi connectivity index (χ4n) is 6.25. The maximum absolute atomic E-state index is 6.27. The van der Waals surface area contributed by atoms with Crippen LogP contribution in [0.4, 0.5) is 0 Å². The summed E-state index contributed by atoms with van der Waals surface area (Å²) < 4.78 is 6.27. The molecule has 6 heteroatoms. The summed E-state index contributed by atoms with van der Waals surface area (Å²) in [6.07, 6.45) is 15.0. The van der Waals surface area contributed by atoms with Gasteiger partial charge in [-0.3, -0.25) is 21.3 Å². The zero-order chi connectivity index (χ0) is 19.6. The second-order valence-electron chi connectivity index (χ2n) is 10.2. The highest BCUT2D eigenvalue weighted by molar-refractivity contribution is 5.15. The van der Waals surface area contributed by atoms with Gasteiger partial charge in [0.1, 0.15) is 6.29 Å². The molecule has 0 spiro atoms. The van der Waals surface area contributed by atoms with Crippen molar-refractivity contribution in [1.82, 2.24) is 26.6 Å². The maximum Gasteiger partial charge on any atom is 0.113 e. The molecular formula is C23H41N5O. The molecule has 29 heavy (non-hydrogen) atoms. The van der Waals surface area contributed by atoms with E-state index in [4.69, 9.17) is 4.74 Å². The van der Waals surface area contributed by atoms with Crippen LogP contribution in [0.2, 0.25) is 0 Å². The molecule has 7 atom stereocenters. The molecule has 0 amide bonds. The molecule has 3 aliphatic heterocycles. The minimum atomic E-state index is 0.200. The average molecular weight is 404 g/mol. The average Bonchev–Trinajstić information content (AvgIpc) is 2.97. The smallest absolute Gasteiger partial charge is 0.113 e. The number of nitrogens with one attached hydrogen (secondary N) is 5. The summed E-state index contributed by atoms with van der Waals surface area (Å²) in [5, 5.41) is 18.9. The van der Waals surface area contributed by atoms with Crippen molar-refractivity contribution in [3.8, 4) is 0 Å². The van der Waals surface area contributed by atoms with Crippen molar-refractivity contribution in [3.63, 3.8) is 0 Å². The van der Waals surface area contributed by atoms with Crippen LogP contribution < -0.4 is 26.6 Å². The van der Waals surface area contributed by atoms with Crippen molar-refractivity contribution >= 4 is 0 Å². The first kappa shape index (κ1) is 20.4. The summed E-state index contributed by atoms with van der Waals surface area (Å²) in [5.41, 5.74) is 1.65. The summed E-state index contributed by atoms with van der Waals surface area (Å²) in [7, 11) is 0. The van der Waals surface area contributed by atoms with E-state index in [0.717, 1.165) is 32.2 Å². The van der Waals surface area contributed by atoms with E-state index in [0.29, 0.717) is 36.2 Å². The van der Waals surface area contributed by atoms with Crippen LogP contribution in [0.5, 0.6) is 0 Å². The molecule has 2 aliphatic carbocycles. The topological polar surface area (TPSA) is 69.4 Å². The highest BCUT2D eigenvalue weighted by Crippen LogP contribution is 2.42. The third-order valence-corrected chi connectivity index (χ3v) is 7.94. The molecule has 164 valence electrons. The number of rotatable bonds is 5. The van der Waals surface area contributed by atoms with Gasteiger partial charge in [0, 0.05) is 37.2 Å². The Kier molecular flexibility index (Phi) is 6.56. The molecule has 0 aromatic carbocycles. The van der Waals surface area contributed by atoms with Gasteiger partial charge >= 0.3 is 0 Å². The number of fused-ring (bicyclic) bond motifs is 1. The minimum Gasteiger partial charge on any atom is -0.377 e. The third-order valence-electron chi connectivity index (χ3n) is 7.94. The van der Waals surface area contributed by atoms with Gasteiger partial charge in [0.25, 0.3) is 0 Å². The monoisotopic (exact) mass is 403 g/mol. The Bertz CT molecular complexity index is 580. The first-order valence-corrected chi connectivity index (χ1v) is 12.3. The zero-order valence-corrected chi connectivity index (χ0v) is 18.1. The van der Waals surface area contributed by atoms with Crippen molar-refractivity contribution in [2.24, 2.45) is 11.8 Å². The lowest BCUT2D eigenvalue weighted by Crippen LogP contribution is -2.69. The summed E-state index contributed by atoms with van der Waals surface area (Å²) in [6.45, 7) is 5.44. The lowest BCUT2D eigenvalue weighted by atomic mass is 9.72. The van der Waals surface area contributed by atoms with Gasteiger partial charge in [-0.25, -0.2) is 0 Å². The Labute approximate surface area is 176 Å². The molecule has 2 saturated heterocycles. The highest BCUT2D eigenvalue weighted by Gasteiger charge is 2.43. The van der Waals surface area contributed by atoms with Crippen molar-refractivity contribution < 1.29 is 4.74 Å². The second-order valence-corrected chi connectivity index (χ2v) is 10.2. The van der Waals surface area contributed by atoms with Crippen LogP contribution in [-0.4, -0.2) is 56.4 Å². The standard InChI is InChI=1S/C23H41N5O/c1-15-12-21(26-18-5-2-6-18)28-23(25-15)27-19-13-17-8-11-29-22(17)20(14-19)16-4-3-9-24-10-7-16/h7,15,17-28H,2-6,8-14H2,1H3. The minimum absolute atomic E-state index is 0.200. The molecule has 6 nitrogen and oxygen atoms in total. The normalized spacial score (nSPS) is 43.9. The Balaban J connectivity index is 1.22. The first-order valence-electron chi connectivity index (χ1n) is 12.3. The van der Waals surface area contributed by atoms with E-state index in [9.17, 15) is 0 Å². The SMILES string of the molecule is CC1CC(NC2CCC2)NC(NC2CC3CCOC3C(C3=CCNCCC3)C2)N1. The molecule has 5 aliphatic rings. The Morgan fingerprint density at radius 3 is 2.79 bits per heavy atom. The number of ether oxygens (including phenoxy) is 1. The quantitative estimate of drug-likeness (QED) is 0.451. The fraction of sp³-hybridized carbons (Fsp3) is 0.913. The van der Waals surface area contributed by atoms with Crippen molar-refractivity contribution in [3.05, 3.63) is 11.6 Å². The molecule has 5 N–H and O–H groups in total. The largest absolute Gasteiger partial charge is 0.377 e. The predicted molar refractivity (Wildman–Crippen MR) is 116 cm³/mol. The summed E-state index contributed by atoms with van der Waals surface area (Å²) >= 11 is 0. The molecule has 0 bridgehead atoms. The van der Waals surface area contributed by atoms with Crippen LogP contribution in [0.1, 0.15) is 64.7 Å². The van der Waals surface area contributed by atoms with Crippen LogP contribution in [0.15, 0.2) is 11.6 Å². The third kappa shape index (κ3) is 4.89. The Morgan fingerprint density at radius 2 is 1.93 bits per heavy atom. The Hall–Kier alpha value is -0.500.